The summed E-state index contributed by atoms with van der Waals surface area (Å²) in [5.41, 5.74) is 0.0444. The fourth-order valence-electron chi connectivity index (χ4n) is 2.18. The van der Waals surface area contributed by atoms with Crippen molar-refractivity contribution in [2.75, 3.05) is 0 Å². The summed E-state index contributed by atoms with van der Waals surface area (Å²) >= 11 is 0. The number of hydrogen-bond donors (Lipinski definition) is 1. The molecular weight excluding hydrogens is 174 g/mol. The molecule has 0 aromatic heterocycles. The highest BCUT2D eigenvalue weighted by Crippen LogP contribution is 2.28. The van der Waals surface area contributed by atoms with Crippen molar-refractivity contribution in [3.8, 4) is 12.3 Å². The second-order valence-corrected chi connectivity index (χ2v) is 9.91. The summed E-state index contributed by atoms with van der Waals surface area (Å²) in [6.07, 6.45) is 11.9. The molecule has 0 heterocycles. The third-order valence-electron chi connectivity index (χ3n) is 2.60. The highest BCUT2D eigenvalue weighted by molar-refractivity contribution is 6.73. The van der Waals surface area contributed by atoms with Gasteiger partial charge in [-0.15, -0.1) is 6.42 Å². The molecule has 0 radical (unpaired) electrons. The summed E-state index contributed by atoms with van der Waals surface area (Å²) in [4.78, 5) is 3.72. The van der Waals surface area contributed by atoms with Crippen LogP contribution in [0.5, 0.6) is 0 Å². The molecule has 74 valence electrons. The van der Waals surface area contributed by atoms with Crippen LogP contribution >= 0.6 is 0 Å². The lowest BCUT2D eigenvalue weighted by Gasteiger charge is -2.38. The van der Waals surface area contributed by atoms with Crippen LogP contribution in [0.15, 0.2) is 0 Å². The minimum atomic E-state index is -1.23. The van der Waals surface area contributed by atoms with E-state index in [-0.39, 0.29) is 5.54 Å². The fraction of sp³-hybridized carbons (Fsp3) is 0.818. The minimum absolute atomic E-state index is 0.0444. The molecule has 1 rings (SSSR count). The van der Waals surface area contributed by atoms with Crippen LogP contribution in [-0.2, 0) is 0 Å². The van der Waals surface area contributed by atoms with Crippen molar-refractivity contribution in [3.05, 3.63) is 0 Å². The molecule has 0 unspecified atom stereocenters. The molecule has 1 nitrogen and oxygen atoms in total. The summed E-state index contributed by atoms with van der Waals surface area (Å²) in [7, 11) is -1.23. The smallest absolute Gasteiger partial charge is 0.117 e. The van der Waals surface area contributed by atoms with Gasteiger partial charge in [-0.25, -0.2) is 0 Å². The van der Waals surface area contributed by atoms with Crippen molar-refractivity contribution in [1.82, 2.24) is 4.98 Å². The molecule has 1 N–H and O–H groups in total. The third kappa shape index (κ3) is 3.17. The standard InChI is InChI=1S/C11H21NSi/c1-5-11(12-13(2,3)4)9-7-6-8-10-11/h1,12H,6-10H2,2-4H3. The lowest BCUT2D eigenvalue weighted by Crippen LogP contribution is -2.57. The predicted octanol–water partition coefficient (Wildman–Crippen LogP) is 2.75. The minimum Gasteiger partial charge on any atom is -0.322 e. The first-order valence-corrected chi connectivity index (χ1v) is 8.75. The van der Waals surface area contributed by atoms with Crippen molar-refractivity contribution >= 4 is 8.24 Å². The molecule has 0 atom stereocenters. The Kier molecular flexibility index (Phi) is 3.21. The first-order valence-electron chi connectivity index (χ1n) is 5.25. The van der Waals surface area contributed by atoms with Crippen LogP contribution in [0.25, 0.3) is 0 Å². The molecule has 1 saturated carbocycles. The van der Waals surface area contributed by atoms with E-state index in [1.54, 1.807) is 0 Å². The van der Waals surface area contributed by atoms with Crippen LogP contribution < -0.4 is 4.98 Å². The van der Waals surface area contributed by atoms with Crippen molar-refractivity contribution in [1.29, 1.82) is 0 Å². The second-order valence-electron chi connectivity index (χ2n) is 5.16. The molecule has 2 heteroatoms. The molecule has 0 aromatic carbocycles. The largest absolute Gasteiger partial charge is 0.322 e. The average molecular weight is 195 g/mol. The van der Waals surface area contributed by atoms with Gasteiger partial charge in [0.05, 0.1) is 5.54 Å². The van der Waals surface area contributed by atoms with Crippen LogP contribution in [0, 0.1) is 12.3 Å². The molecular formula is C11H21NSi. The summed E-state index contributed by atoms with van der Waals surface area (Å²) in [5.74, 6) is 3.00. The molecule has 1 aliphatic rings. The number of hydrogen-bond acceptors (Lipinski definition) is 1. The van der Waals surface area contributed by atoms with E-state index < -0.39 is 8.24 Å². The Balaban J connectivity index is 2.65. The van der Waals surface area contributed by atoms with Gasteiger partial charge in [0.1, 0.15) is 8.24 Å². The van der Waals surface area contributed by atoms with Crippen LogP contribution in [0.2, 0.25) is 19.6 Å². The lowest BCUT2D eigenvalue weighted by atomic mass is 9.83. The van der Waals surface area contributed by atoms with E-state index in [0.29, 0.717) is 0 Å². The van der Waals surface area contributed by atoms with Gasteiger partial charge in [0.15, 0.2) is 0 Å². The zero-order valence-corrected chi connectivity index (χ0v) is 10.1. The Morgan fingerprint density at radius 2 is 1.69 bits per heavy atom. The van der Waals surface area contributed by atoms with E-state index in [9.17, 15) is 0 Å². The summed E-state index contributed by atoms with van der Waals surface area (Å²) in [6.45, 7) is 6.96. The highest BCUT2D eigenvalue weighted by atomic mass is 28.3. The molecule has 1 fully saturated rings. The van der Waals surface area contributed by atoms with Gasteiger partial charge in [-0.05, 0) is 12.8 Å². The van der Waals surface area contributed by atoms with Gasteiger partial charge in [0.25, 0.3) is 0 Å². The van der Waals surface area contributed by atoms with Gasteiger partial charge < -0.3 is 4.98 Å². The first kappa shape index (κ1) is 10.8. The Bertz CT molecular complexity index is 203. The zero-order valence-electron chi connectivity index (χ0n) is 9.11. The zero-order chi connectivity index (χ0) is 9.95. The summed E-state index contributed by atoms with van der Waals surface area (Å²) in [5, 5.41) is 0. The number of terminal acetylenes is 1. The van der Waals surface area contributed by atoms with Gasteiger partial charge in [0, 0.05) is 0 Å². The monoisotopic (exact) mass is 195 g/mol. The van der Waals surface area contributed by atoms with Crippen molar-refractivity contribution in [2.24, 2.45) is 0 Å². The quantitative estimate of drug-likeness (QED) is 0.528. The van der Waals surface area contributed by atoms with Crippen molar-refractivity contribution in [2.45, 2.75) is 57.3 Å². The van der Waals surface area contributed by atoms with Gasteiger partial charge in [0.2, 0.25) is 0 Å². The molecule has 0 saturated heterocycles. The topological polar surface area (TPSA) is 12.0 Å². The van der Waals surface area contributed by atoms with Crippen LogP contribution in [-0.4, -0.2) is 13.8 Å². The van der Waals surface area contributed by atoms with E-state index in [0.717, 1.165) is 0 Å². The SMILES string of the molecule is C#CC1(N[Si](C)(C)C)CCCCC1. The molecule has 0 bridgehead atoms. The van der Waals surface area contributed by atoms with Gasteiger partial charge in [-0.3, -0.25) is 0 Å². The molecule has 0 aromatic rings. The van der Waals surface area contributed by atoms with Gasteiger partial charge >= 0.3 is 0 Å². The van der Waals surface area contributed by atoms with Crippen LogP contribution in [0.3, 0.4) is 0 Å². The van der Waals surface area contributed by atoms with Crippen LogP contribution in [0.4, 0.5) is 0 Å². The Hall–Kier alpha value is -0.263. The molecule has 0 aliphatic heterocycles. The van der Waals surface area contributed by atoms with Crippen molar-refractivity contribution < 1.29 is 0 Å². The Morgan fingerprint density at radius 1 is 1.15 bits per heavy atom. The molecule has 0 spiro atoms. The van der Waals surface area contributed by atoms with E-state index in [1.807, 2.05) is 0 Å². The van der Waals surface area contributed by atoms with E-state index >= 15 is 0 Å². The second kappa shape index (κ2) is 3.85. The normalized spacial score (nSPS) is 22.3. The maximum absolute atomic E-state index is 5.66. The Labute approximate surface area is 83.4 Å². The third-order valence-corrected chi connectivity index (χ3v) is 3.83. The molecule has 0 amide bonds. The molecule has 13 heavy (non-hydrogen) atoms. The summed E-state index contributed by atoms with van der Waals surface area (Å²) in [6, 6.07) is 0. The predicted molar refractivity (Wildman–Crippen MR) is 61.1 cm³/mol. The maximum atomic E-state index is 5.66. The highest BCUT2D eigenvalue weighted by Gasteiger charge is 2.33. The first-order chi connectivity index (χ1) is 5.97. The van der Waals surface area contributed by atoms with Gasteiger partial charge in [-0.2, -0.15) is 0 Å². The van der Waals surface area contributed by atoms with E-state index in [2.05, 4.69) is 30.5 Å². The average Bonchev–Trinajstić information content (AvgIpc) is 2.03. The number of nitrogens with one attached hydrogen (secondary N) is 1. The molecule has 1 aliphatic carbocycles. The lowest BCUT2D eigenvalue weighted by molar-refractivity contribution is 0.341. The summed E-state index contributed by atoms with van der Waals surface area (Å²) < 4.78 is 0. The fourth-order valence-corrected chi connectivity index (χ4v) is 3.94. The van der Waals surface area contributed by atoms with Gasteiger partial charge in [-0.1, -0.05) is 44.8 Å². The van der Waals surface area contributed by atoms with E-state index in [1.165, 1.54) is 32.1 Å². The maximum Gasteiger partial charge on any atom is 0.117 e. The number of rotatable bonds is 2. The van der Waals surface area contributed by atoms with Crippen molar-refractivity contribution in [3.63, 3.8) is 0 Å². The Morgan fingerprint density at radius 3 is 2.08 bits per heavy atom. The van der Waals surface area contributed by atoms with E-state index in [4.69, 9.17) is 6.42 Å². The van der Waals surface area contributed by atoms with Crippen LogP contribution in [0.1, 0.15) is 32.1 Å².